The topological polar surface area (TPSA) is 41.4 Å². The molecule has 2 atom stereocenters. The van der Waals surface area contributed by atoms with Crippen LogP contribution in [0.2, 0.25) is 0 Å². The molecule has 0 amide bonds. The molecule has 4 nitrogen and oxygen atoms in total. The summed E-state index contributed by atoms with van der Waals surface area (Å²) in [5.74, 6) is 0.893. The van der Waals surface area contributed by atoms with Crippen LogP contribution in [0.1, 0.15) is 29.0 Å². The van der Waals surface area contributed by atoms with Crippen molar-refractivity contribution in [2.24, 2.45) is 4.99 Å². The Morgan fingerprint density at radius 3 is 1.95 bits per heavy atom. The SMILES string of the molecule is c1ccc(C2N=C(c3ccc4c(c3)sc3c(-c5ccc6sc7cccc(-n8c9ccccc9c9ccccc98)c7c6c5)cccc34)NC(c3ccccc3)N2)cc1. The van der Waals surface area contributed by atoms with E-state index in [1.165, 1.54) is 84.5 Å². The molecule has 1 aliphatic rings. The molecule has 4 heterocycles. The second-order valence-corrected chi connectivity index (χ2v) is 16.9. The summed E-state index contributed by atoms with van der Waals surface area (Å²) < 4.78 is 7.61. The predicted molar refractivity (Wildman–Crippen MR) is 243 cm³/mol. The van der Waals surface area contributed by atoms with E-state index in [1.807, 2.05) is 22.7 Å². The molecule has 0 bridgehead atoms. The van der Waals surface area contributed by atoms with Crippen LogP contribution in [-0.4, -0.2) is 10.4 Å². The van der Waals surface area contributed by atoms with Gasteiger partial charge in [-0.3, -0.25) is 5.32 Å². The highest BCUT2D eigenvalue weighted by Gasteiger charge is 2.26. The zero-order chi connectivity index (χ0) is 37.5. The highest BCUT2D eigenvalue weighted by molar-refractivity contribution is 7.26. The molecule has 0 spiro atoms. The maximum Gasteiger partial charge on any atom is 0.131 e. The molecule has 0 fully saturated rings. The van der Waals surface area contributed by atoms with Gasteiger partial charge in [0, 0.05) is 56.7 Å². The maximum atomic E-state index is 5.23. The Bertz CT molecular complexity index is 3320. The number of benzene rings is 8. The van der Waals surface area contributed by atoms with Crippen molar-refractivity contribution >= 4 is 90.7 Å². The van der Waals surface area contributed by atoms with Gasteiger partial charge in [-0.05, 0) is 64.7 Å². The molecule has 6 heteroatoms. The number of aliphatic imine (C=N–C) groups is 1. The summed E-state index contributed by atoms with van der Waals surface area (Å²) in [7, 11) is 0. The highest BCUT2D eigenvalue weighted by Crippen LogP contribution is 2.45. The minimum atomic E-state index is -0.170. The second-order valence-electron chi connectivity index (χ2n) is 14.8. The Kier molecular flexibility index (Phi) is 7.45. The fourth-order valence-electron chi connectivity index (χ4n) is 8.85. The second kappa shape index (κ2) is 13.0. The number of amidine groups is 1. The Balaban J connectivity index is 0.989. The summed E-state index contributed by atoms with van der Waals surface area (Å²) >= 11 is 3.75. The van der Waals surface area contributed by atoms with Gasteiger partial charge in [0.2, 0.25) is 0 Å². The van der Waals surface area contributed by atoms with E-state index in [0.29, 0.717) is 0 Å². The number of hydrogen-bond donors (Lipinski definition) is 2. The normalized spacial score (nSPS) is 15.9. The predicted octanol–water partition coefficient (Wildman–Crippen LogP) is 13.5. The van der Waals surface area contributed by atoms with Gasteiger partial charge in [-0.25, -0.2) is 4.99 Å². The van der Waals surface area contributed by atoms with E-state index in [0.717, 1.165) is 17.0 Å². The first-order valence-corrected chi connectivity index (χ1v) is 21.0. The first-order valence-electron chi connectivity index (χ1n) is 19.4. The number of rotatable bonds is 5. The van der Waals surface area contributed by atoms with E-state index in [4.69, 9.17) is 4.99 Å². The zero-order valence-corrected chi connectivity index (χ0v) is 32.3. The first-order chi connectivity index (χ1) is 28.2. The number of thiophene rings is 2. The molecule has 2 unspecified atom stereocenters. The third-order valence-electron chi connectivity index (χ3n) is 11.5. The van der Waals surface area contributed by atoms with Gasteiger partial charge in [0.25, 0.3) is 0 Å². The molecule has 1 aliphatic heterocycles. The van der Waals surface area contributed by atoms with Gasteiger partial charge in [0.15, 0.2) is 0 Å². The number of hydrogen-bond acceptors (Lipinski definition) is 5. The van der Waals surface area contributed by atoms with Crippen molar-refractivity contribution < 1.29 is 0 Å². The van der Waals surface area contributed by atoms with Crippen LogP contribution < -0.4 is 10.6 Å². The van der Waals surface area contributed by atoms with Crippen LogP contribution in [0, 0.1) is 0 Å². The van der Waals surface area contributed by atoms with Crippen molar-refractivity contribution in [3.05, 3.63) is 199 Å². The quantitative estimate of drug-likeness (QED) is 0.183. The van der Waals surface area contributed by atoms with Crippen molar-refractivity contribution in [3.8, 4) is 16.8 Å². The molecule has 0 aliphatic carbocycles. The van der Waals surface area contributed by atoms with Gasteiger partial charge in [-0.2, -0.15) is 0 Å². The van der Waals surface area contributed by atoms with Crippen molar-refractivity contribution in [2.75, 3.05) is 0 Å². The minimum absolute atomic E-state index is 0.0767. The molecule has 270 valence electrons. The lowest BCUT2D eigenvalue weighted by molar-refractivity contribution is 0.409. The smallest absolute Gasteiger partial charge is 0.131 e. The Morgan fingerprint density at radius 1 is 0.474 bits per heavy atom. The van der Waals surface area contributed by atoms with Gasteiger partial charge in [-0.15, -0.1) is 22.7 Å². The Morgan fingerprint density at radius 2 is 1.16 bits per heavy atom. The van der Waals surface area contributed by atoms with Gasteiger partial charge < -0.3 is 9.88 Å². The monoisotopic (exact) mass is 766 g/mol. The van der Waals surface area contributed by atoms with Crippen molar-refractivity contribution in [3.63, 3.8) is 0 Å². The molecule has 3 aromatic heterocycles. The van der Waals surface area contributed by atoms with E-state index >= 15 is 0 Å². The lowest BCUT2D eigenvalue weighted by Gasteiger charge is -2.32. The summed E-state index contributed by atoms with van der Waals surface area (Å²) in [5.41, 5.74) is 9.58. The number of nitrogens with zero attached hydrogens (tertiary/aromatic N) is 2. The third-order valence-corrected chi connectivity index (χ3v) is 13.8. The molecule has 0 radical (unpaired) electrons. The summed E-state index contributed by atoms with van der Waals surface area (Å²) in [6.45, 7) is 0. The van der Waals surface area contributed by atoms with Crippen LogP contribution in [0.4, 0.5) is 0 Å². The summed E-state index contributed by atoms with van der Waals surface area (Å²) in [4.78, 5) is 5.23. The molecule has 0 saturated heterocycles. The van der Waals surface area contributed by atoms with Gasteiger partial charge in [0.05, 0.1) is 16.7 Å². The van der Waals surface area contributed by atoms with Crippen molar-refractivity contribution in [1.29, 1.82) is 0 Å². The van der Waals surface area contributed by atoms with Crippen LogP contribution in [0.3, 0.4) is 0 Å². The van der Waals surface area contributed by atoms with Gasteiger partial charge in [-0.1, -0.05) is 140 Å². The summed E-state index contributed by atoms with van der Waals surface area (Å²) in [6.07, 6.45) is -0.247. The number of para-hydroxylation sites is 2. The Labute approximate surface area is 337 Å². The van der Waals surface area contributed by atoms with Crippen LogP contribution in [0.5, 0.6) is 0 Å². The van der Waals surface area contributed by atoms with E-state index in [-0.39, 0.29) is 12.3 Å². The molecular formula is C51H34N4S2. The lowest BCUT2D eigenvalue weighted by Crippen LogP contribution is -2.44. The van der Waals surface area contributed by atoms with E-state index < -0.39 is 0 Å². The van der Waals surface area contributed by atoms with Gasteiger partial charge in [0.1, 0.15) is 18.2 Å². The fraction of sp³-hybridized carbons (Fsp3) is 0.0392. The van der Waals surface area contributed by atoms with Crippen molar-refractivity contribution in [1.82, 2.24) is 15.2 Å². The Hall–Kier alpha value is -6.57. The molecule has 12 rings (SSSR count). The number of fused-ring (bicyclic) bond motifs is 9. The lowest BCUT2D eigenvalue weighted by atomic mass is 10.00. The molecule has 8 aromatic carbocycles. The number of aromatic nitrogens is 1. The highest BCUT2D eigenvalue weighted by atomic mass is 32.1. The van der Waals surface area contributed by atoms with Crippen LogP contribution in [0.25, 0.3) is 79.0 Å². The fourth-order valence-corrected chi connectivity index (χ4v) is 11.2. The van der Waals surface area contributed by atoms with Crippen molar-refractivity contribution in [2.45, 2.75) is 12.3 Å². The first kappa shape index (κ1) is 32.7. The molecular weight excluding hydrogens is 733 g/mol. The maximum absolute atomic E-state index is 5.23. The minimum Gasteiger partial charge on any atom is -0.350 e. The zero-order valence-electron chi connectivity index (χ0n) is 30.7. The largest absolute Gasteiger partial charge is 0.350 e. The number of nitrogens with one attached hydrogen (secondary N) is 2. The van der Waals surface area contributed by atoms with E-state index in [1.54, 1.807) is 0 Å². The molecule has 0 saturated carbocycles. The summed E-state index contributed by atoms with van der Waals surface area (Å²) in [6, 6.07) is 66.0. The molecule has 11 aromatic rings. The third kappa shape index (κ3) is 5.26. The molecule has 2 N–H and O–H groups in total. The molecule has 57 heavy (non-hydrogen) atoms. The van der Waals surface area contributed by atoms with Gasteiger partial charge >= 0.3 is 0 Å². The average Bonchev–Trinajstić information content (AvgIpc) is 3.96. The standard InChI is InChI=1S/C51H34N4S2/c1-3-13-31(14-4-1)49-52-50(32-15-5-2-6-16-32)54-51(53-49)34-25-27-38-39-20-11-19-35(48(39)57-46(38)30-34)33-26-28-44-40(29-33)47-43(23-12-24-45(47)56-44)55-41-21-9-7-17-36(41)37-18-8-10-22-42(37)55/h1-30,49-50,52H,(H,53,54). The van der Waals surface area contributed by atoms with Crippen LogP contribution in [-0.2, 0) is 0 Å². The van der Waals surface area contributed by atoms with Crippen LogP contribution >= 0.6 is 22.7 Å². The van der Waals surface area contributed by atoms with Crippen LogP contribution in [0.15, 0.2) is 187 Å². The van der Waals surface area contributed by atoms with E-state index in [2.05, 4.69) is 197 Å². The van der Waals surface area contributed by atoms with E-state index in [9.17, 15) is 0 Å². The summed E-state index contributed by atoms with van der Waals surface area (Å²) in [5, 5.41) is 15.2. The average molecular weight is 767 g/mol.